The molecule has 5 nitrogen and oxygen atoms in total. The zero-order chi connectivity index (χ0) is 9.68. The summed E-state index contributed by atoms with van der Waals surface area (Å²) < 4.78 is 0. The molecule has 0 aromatic carbocycles. The van der Waals surface area contributed by atoms with Gasteiger partial charge in [0.25, 0.3) is 0 Å². The molecule has 90 valence electrons. The Kier molecular flexibility index (Phi) is 9.61. The maximum absolute atomic E-state index is 7.67. The lowest BCUT2D eigenvalue weighted by Gasteiger charge is -2.28. The summed E-state index contributed by atoms with van der Waals surface area (Å²) in [6.45, 7) is 1.89. The summed E-state index contributed by atoms with van der Waals surface area (Å²) in [4.78, 5) is 5.73. The lowest BCUT2D eigenvalue weighted by atomic mass is 10.1. The topological polar surface area (TPSA) is 77.5 Å². The quantitative estimate of drug-likeness (QED) is 0.443. The van der Waals surface area contributed by atoms with Gasteiger partial charge in [-0.15, -0.1) is 24.8 Å². The predicted octanol–water partition coefficient (Wildman–Crippen LogP) is 0.785. The van der Waals surface area contributed by atoms with E-state index in [0.717, 1.165) is 25.9 Å². The Balaban J connectivity index is 0. The summed E-state index contributed by atoms with van der Waals surface area (Å²) in [7, 11) is 1.60. The third-order valence-electron chi connectivity index (χ3n) is 2.16. The van der Waals surface area contributed by atoms with Gasteiger partial charge in [0.2, 0.25) is 0 Å². The van der Waals surface area contributed by atoms with Crippen molar-refractivity contribution in [3.05, 3.63) is 0 Å². The number of nitrogens with zero attached hydrogens (tertiary/aromatic N) is 2. The highest BCUT2D eigenvalue weighted by Crippen LogP contribution is 2.07. The van der Waals surface area contributed by atoms with Crippen LogP contribution in [0.4, 0.5) is 0 Å². The van der Waals surface area contributed by atoms with E-state index in [0.29, 0.717) is 11.9 Å². The molecule has 1 aliphatic heterocycles. The third-order valence-corrected chi connectivity index (χ3v) is 2.16. The molecule has 0 aromatic heterocycles. The van der Waals surface area contributed by atoms with Crippen LogP contribution in [0.5, 0.6) is 0 Å². The van der Waals surface area contributed by atoms with E-state index in [1.165, 1.54) is 6.42 Å². The average Bonchev–Trinajstić information content (AvgIpc) is 2.19. The fourth-order valence-electron chi connectivity index (χ4n) is 1.37. The SMILES string of the molecule is CN=C(N)NC(=N)N1CCCCC1.Cl.Cl. The summed E-state index contributed by atoms with van der Waals surface area (Å²) in [6.07, 6.45) is 3.58. The van der Waals surface area contributed by atoms with Gasteiger partial charge >= 0.3 is 0 Å². The molecule has 0 saturated carbocycles. The summed E-state index contributed by atoms with van der Waals surface area (Å²) >= 11 is 0. The van der Waals surface area contributed by atoms with Crippen LogP contribution in [0.15, 0.2) is 4.99 Å². The molecule has 4 N–H and O–H groups in total. The van der Waals surface area contributed by atoms with E-state index in [4.69, 9.17) is 11.1 Å². The summed E-state index contributed by atoms with van der Waals surface area (Å²) in [5.74, 6) is 0.665. The lowest BCUT2D eigenvalue weighted by molar-refractivity contribution is 0.334. The molecule has 1 heterocycles. The van der Waals surface area contributed by atoms with E-state index in [1.54, 1.807) is 7.05 Å². The number of hydrogen-bond donors (Lipinski definition) is 3. The van der Waals surface area contributed by atoms with Crippen LogP contribution >= 0.6 is 24.8 Å². The Morgan fingerprint density at radius 3 is 2.27 bits per heavy atom. The number of hydrogen-bond acceptors (Lipinski definition) is 2. The molecule has 1 saturated heterocycles. The van der Waals surface area contributed by atoms with Gasteiger partial charge in [0.15, 0.2) is 11.9 Å². The Hall–Kier alpha value is -0.680. The molecular formula is C8H19Cl2N5. The number of likely N-dealkylation sites (tertiary alicyclic amines) is 1. The fraction of sp³-hybridized carbons (Fsp3) is 0.750. The molecule has 0 aliphatic carbocycles. The minimum atomic E-state index is 0. The zero-order valence-corrected chi connectivity index (χ0v) is 10.5. The van der Waals surface area contributed by atoms with Crippen molar-refractivity contribution in [2.75, 3.05) is 20.1 Å². The Bertz CT molecular complexity index is 213. The van der Waals surface area contributed by atoms with Crippen molar-refractivity contribution < 1.29 is 0 Å². The number of nitrogens with one attached hydrogen (secondary N) is 2. The van der Waals surface area contributed by atoms with Crippen molar-refractivity contribution >= 4 is 36.7 Å². The summed E-state index contributed by atoms with van der Waals surface area (Å²) in [6, 6.07) is 0. The molecule has 0 spiro atoms. The van der Waals surface area contributed by atoms with Gasteiger partial charge in [-0.1, -0.05) is 0 Å². The molecule has 0 atom stereocenters. The first-order valence-corrected chi connectivity index (χ1v) is 4.57. The number of rotatable bonds is 0. The van der Waals surface area contributed by atoms with Crippen LogP contribution in [0.3, 0.4) is 0 Å². The number of piperidine rings is 1. The number of aliphatic imine (C=N–C) groups is 1. The molecule has 15 heavy (non-hydrogen) atoms. The highest BCUT2D eigenvalue weighted by Gasteiger charge is 2.13. The maximum Gasteiger partial charge on any atom is 0.197 e. The molecule has 0 aromatic rings. The molecule has 1 fully saturated rings. The minimum absolute atomic E-state index is 0. The first-order valence-electron chi connectivity index (χ1n) is 4.57. The first kappa shape index (κ1) is 16.7. The van der Waals surface area contributed by atoms with Crippen LogP contribution in [0, 0.1) is 5.41 Å². The Labute approximate surface area is 103 Å². The van der Waals surface area contributed by atoms with Crippen molar-refractivity contribution in [2.24, 2.45) is 10.7 Å². The lowest BCUT2D eigenvalue weighted by Crippen LogP contribution is -2.48. The van der Waals surface area contributed by atoms with Crippen LogP contribution < -0.4 is 11.1 Å². The molecule has 1 rings (SSSR count). The second kappa shape index (κ2) is 8.61. The highest BCUT2D eigenvalue weighted by molar-refractivity contribution is 5.96. The van der Waals surface area contributed by atoms with Crippen LogP contribution in [0.2, 0.25) is 0 Å². The predicted molar refractivity (Wildman–Crippen MR) is 68.3 cm³/mol. The Morgan fingerprint density at radius 1 is 1.27 bits per heavy atom. The molecule has 1 aliphatic rings. The van der Waals surface area contributed by atoms with Gasteiger partial charge in [-0.25, -0.2) is 0 Å². The van der Waals surface area contributed by atoms with Crippen LogP contribution in [0.25, 0.3) is 0 Å². The van der Waals surface area contributed by atoms with Crippen molar-refractivity contribution in [3.63, 3.8) is 0 Å². The third kappa shape index (κ3) is 5.69. The molecule has 0 unspecified atom stereocenters. The normalized spacial score (nSPS) is 16.1. The van der Waals surface area contributed by atoms with Gasteiger partial charge in [-0.2, -0.15) is 0 Å². The minimum Gasteiger partial charge on any atom is -0.370 e. The van der Waals surface area contributed by atoms with Crippen molar-refractivity contribution in [3.8, 4) is 0 Å². The van der Waals surface area contributed by atoms with Crippen LogP contribution in [-0.2, 0) is 0 Å². The summed E-state index contributed by atoms with van der Waals surface area (Å²) in [5.41, 5.74) is 5.45. The number of nitrogens with two attached hydrogens (primary N) is 1. The molecule has 0 bridgehead atoms. The molecule has 0 radical (unpaired) electrons. The number of halogens is 2. The van der Waals surface area contributed by atoms with E-state index in [2.05, 4.69) is 10.3 Å². The van der Waals surface area contributed by atoms with Crippen molar-refractivity contribution in [1.29, 1.82) is 5.41 Å². The van der Waals surface area contributed by atoms with Gasteiger partial charge in [0.05, 0.1) is 0 Å². The smallest absolute Gasteiger partial charge is 0.197 e. The number of guanidine groups is 2. The maximum atomic E-state index is 7.67. The van der Waals surface area contributed by atoms with E-state index < -0.39 is 0 Å². The zero-order valence-electron chi connectivity index (χ0n) is 8.82. The van der Waals surface area contributed by atoms with Gasteiger partial charge in [0, 0.05) is 20.1 Å². The standard InChI is InChI=1S/C8H17N5.2ClH/c1-11-7(9)12-8(10)13-5-3-2-4-6-13;;/h2-6H2,1H3,(H4,9,10,11,12);2*1H. The fourth-order valence-corrected chi connectivity index (χ4v) is 1.37. The highest BCUT2D eigenvalue weighted by atomic mass is 35.5. The molecule has 7 heteroatoms. The van der Waals surface area contributed by atoms with E-state index in [-0.39, 0.29) is 24.8 Å². The Morgan fingerprint density at radius 2 is 1.80 bits per heavy atom. The monoisotopic (exact) mass is 255 g/mol. The van der Waals surface area contributed by atoms with Gasteiger partial charge < -0.3 is 10.6 Å². The average molecular weight is 256 g/mol. The van der Waals surface area contributed by atoms with E-state index in [1.807, 2.05) is 4.90 Å². The van der Waals surface area contributed by atoms with Crippen LogP contribution in [0.1, 0.15) is 19.3 Å². The van der Waals surface area contributed by atoms with Crippen molar-refractivity contribution in [2.45, 2.75) is 19.3 Å². The largest absolute Gasteiger partial charge is 0.370 e. The molecular weight excluding hydrogens is 237 g/mol. The first-order chi connectivity index (χ1) is 6.24. The van der Waals surface area contributed by atoms with E-state index in [9.17, 15) is 0 Å². The van der Waals surface area contributed by atoms with Gasteiger partial charge in [-0.3, -0.25) is 15.7 Å². The van der Waals surface area contributed by atoms with Gasteiger partial charge in [-0.05, 0) is 19.3 Å². The second-order valence-electron chi connectivity index (χ2n) is 3.13. The van der Waals surface area contributed by atoms with Gasteiger partial charge in [0.1, 0.15) is 0 Å². The second-order valence-corrected chi connectivity index (χ2v) is 3.13. The van der Waals surface area contributed by atoms with Crippen LogP contribution in [-0.4, -0.2) is 37.0 Å². The summed E-state index contributed by atoms with van der Waals surface area (Å²) in [5, 5.41) is 10.4. The molecule has 0 amide bonds. The van der Waals surface area contributed by atoms with E-state index >= 15 is 0 Å². The van der Waals surface area contributed by atoms with Crippen molar-refractivity contribution in [1.82, 2.24) is 10.2 Å².